The van der Waals surface area contributed by atoms with Crippen molar-refractivity contribution in [3.05, 3.63) is 72.6 Å². The van der Waals surface area contributed by atoms with Crippen molar-refractivity contribution in [1.29, 1.82) is 0 Å². The molecule has 29 heavy (non-hydrogen) atoms. The molecular weight excluding hydrogens is 372 g/mol. The number of hydrogen-bond acceptors (Lipinski definition) is 6. The molecule has 4 N–H and O–H groups in total. The summed E-state index contributed by atoms with van der Waals surface area (Å²) in [6, 6.07) is 16.5. The van der Waals surface area contributed by atoms with Crippen LogP contribution in [0.2, 0.25) is 0 Å². The summed E-state index contributed by atoms with van der Waals surface area (Å²) in [6.45, 7) is 0.255. The maximum absolute atomic E-state index is 12.8. The second-order valence-electron chi connectivity index (χ2n) is 6.26. The van der Waals surface area contributed by atoms with Gasteiger partial charge in [-0.25, -0.2) is 4.79 Å². The number of hydrogen-bond donors (Lipinski definition) is 3. The van der Waals surface area contributed by atoms with Crippen molar-refractivity contribution in [2.75, 3.05) is 24.8 Å². The minimum atomic E-state index is -0.682. The molecule has 0 saturated carbocycles. The first-order valence-electron chi connectivity index (χ1n) is 9.31. The lowest BCUT2D eigenvalue weighted by atomic mass is 10.1. The minimum Gasteiger partial charge on any atom is -0.438 e. The third-order valence-electron chi connectivity index (χ3n) is 4.25. The second kappa shape index (κ2) is 10.4. The summed E-state index contributed by atoms with van der Waals surface area (Å²) in [5, 5.41) is 16.8. The van der Waals surface area contributed by atoms with Crippen LogP contribution in [0.15, 0.2) is 67.0 Å². The molecule has 8 heteroatoms. The van der Waals surface area contributed by atoms with Gasteiger partial charge in [0, 0.05) is 24.9 Å². The number of aliphatic hydroxyl groups is 1. The van der Waals surface area contributed by atoms with Crippen LogP contribution in [0.3, 0.4) is 0 Å². The van der Waals surface area contributed by atoms with Crippen LogP contribution in [-0.4, -0.2) is 41.2 Å². The molecule has 0 aliphatic carbocycles. The Balaban J connectivity index is 1.77. The van der Waals surface area contributed by atoms with E-state index >= 15 is 0 Å². The molecule has 1 atom stereocenters. The van der Waals surface area contributed by atoms with Gasteiger partial charge in [-0.1, -0.05) is 42.5 Å². The monoisotopic (exact) mass is 396 g/mol. The van der Waals surface area contributed by atoms with E-state index < -0.39 is 12.2 Å². The normalized spacial score (nSPS) is 11.8. The van der Waals surface area contributed by atoms with E-state index in [1.807, 2.05) is 42.5 Å². The number of aliphatic hydroxyl groups excluding tert-OH is 1. The number of anilines is 1. The molecule has 1 amide bonds. The molecule has 1 aromatic heterocycles. The van der Waals surface area contributed by atoms with Gasteiger partial charge >= 0.3 is 6.09 Å². The summed E-state index contributed by atoms with van der Waals surface area (Å²) < 4.78 is 5.59. The number of aromatic nitrogens is 2. The first-order valence-corrected chi connectivity index (χ1v) is 9.31. The molecule has 1 unspecified atom stereocenters. The second-order valence-corrected chi connectivity index (χ2v) is 6.26. The Morgan fingerprint density at radius 1 is 1.14 bits per heavy atom. The van der Waals surface area contributed by atoms with Gasteiger partial charge in [0.15, 0.2) is 0 Å². The van der Waals surface area contributed by atoms with E-state index in [1.165, 1.54) is 0 Å². The van der Waals surface area contributed by atoms with Crippen molar-refractivity contribution in [3.63, 3.8) is 0 Å². The number of nitrogens with one attached hydrogen (secondary N) is 1. The number of nitrogens with zero attached hydrogens (tertiary/aromatic N) is 2. The van der Waals surface area contributed by atoms with E-state index in [9.17, 15) is 4.79 Å². The molecule has 0 aliphatic heterocycles. The van der Waals surface area contributed by atoms with E-state index in [-0.39, 0.29) is 19.8 Å². The van der Waals surface area contributed by atoms with Gasteiger partial charge in [0.25, 0.3) is 0 Å². The van der Waals surface area contributed by atoms with Gasteiger partial charge < -0.3 is 15.6 Å². The fraction of sp³-hybridized carbons (Fsp3) is 0.238. The zero-order valence-corrected chi connectivity index (χ0v) is 15.9. The van der Waals surface area contributed by atoms with Gasteiger partial charge in [0.1, 0.15) is 6.10 Å². The van der Waals surface area contributed by atoms with Gasteiger partial charge in [0.05, 0.1) is 18.5 Å². The molecule has 1 heterocycles. The Kier molecular flexibility index (Phi) is 7.34. The van der Waals surface area contributed by atoms with E-state index in [0.29, 0.717) is 12.1 Å². The first kappa shape index (κ1) is 20.5. The first-order chi connectivity index (χ1) is 14.2. The molecule has 0 aliphatic rings. The molecule has 0 fully saturated rings. The fourth-order valence-electron chi connectivity index (χ4n) is 2.74. The number of carbonyl (C=O) groups excluding carboxylic acids is 1. The lowest BCUT2D eigenvalue weighted by Crippen LogP contribution is -2.34. The van der Waals surface area contributed by atoms with Crippen LogP contribution in [0.25, 0.3) is 11.1 Å². The largest absolute Gasteiger partial charge is 0.439 e. The average molecular weight is 396 g/mol. The molecule has 3 aromatic rings. The smallest absolute Gasteiger partial charge is 0.438 e. The number of hydroxylamine groups is 1. The molecule has 152 valence electrons. The third-order valence-corrected chi connectivity index (χ3v) is 4.25. The van der Waals surface area contributed by atoms with Crippen LogP contribution in [0.4, 0.5) is 10.5 Å². The summed E-state index contributed by atoms with van der Waals surface area (Å²) >= 11 is 0. The van der Waals surface area contributed by atoms with E-state index in [4.69, 9.17) is 20.4 Å². The number of rotatable bonds is 9. The van der Waals surface area contributed by atoms with Gasteiger partial charge in [-0.2, -0.15) is 10.2 Å². The van der Waals surface area contributed by atoms with E-state index in [1.54, 1.807) is 24.5 Å². The van der Waals surface area contributed by atoms with E-state index in [0.717, 1.165) is 21.8 Å². The predicted molar refractivity (Wildman–Crippen MR) is 109 cm³/mol. The van der Waals surface area contributed by atoms with Crippen molar-refractivity contribution in [3.8, 4) is 11.1 Å². The summed E-state index contributed by atoms with van der Waals surface area (Å²) in [5.74, 6) is 0. The van der Waals surface area contributed by atoms with Crippen LogP contribution in [-0.2, 0) is 9.57 Å². The van der Waals surface area contributed by atoms with Crippen molar-refractivity contribution < 1.29 is 19.5 Å². The molecular formula is C21H24N4O4. The van der Waals surface area contributed by atoms with Crippen molar-refractivity contribution in [2.24, 2.45) is 5.73 Å². The van der Waals surface area contributed by atoms with Gasteiger partial charge in [-0.05, 0) is 29.7 Å². The number of ether oxygens (including phenoxy) is 1. The molecule has 0 bridgehead atoms. The highest BCUT2D eigenvalue weighted by molar-refractivity contribution is 5.86. The zero-order chi connectivity index (χ0) is 20.5. The van der Waals surface area contributed by atoms with Crippen molar-refractivity contribution in [1.82, 2.24) is 10.2 Å². The number of carbonyl (C=O) groups is 1. The van der Waals surface area contributed by atoms with Crippen LogP contribution in [0.5, 0.6) is 0 Å². The Bertz CT molecular complexity index is 869. The Hall–Kier alpha value is -3.20. The molecule has 2 aromatic carbocycles. The summed E-state index contributed by atoms with van der Waals surface area (Å²) in [5.41, 5.74) is 8.98. The Morgan fingerprint density at radius 3 is 2.52 bits per heavy atom. The Labute approximate surface area is 168 Å². The summed E-state index contributed by atoms with van der Waals surface area (Å²) in [7, 11) is 0. The molecule has 3 rings (SSSR count). The Morgan fingerprint density at radius 2 is 1.90 bits per heavy atom. The number of benzene rings is 2. The summed E-state index contributed by atoms with van der Waals surface area (Å²) in [6.07, 6.45) is 2.60. The number of aromatic amines is 1. The number of H-pyrrole nitrogens is 1. The third kappa shape index (κ3) is 5.41. The van der Waals surface area contributed by atoms with Crippen LogP contribution in [0.1, 0.15) is 18.1 Å². The quantitative estimate of drug-likeness (QED) is 0.378. The lowest BCUT2D eigenvalue weighted by Gasteiger charge is -2.24. The maximum Gasteiger partial charge on any atom is 0.439 e. The van der Waals surface area contributed by atoms with Gasteiger partial charge in [0.2, 0.25) is 0 Å². The lowest BCUT2D eigenvalue weighted by molar-refractivity contribution is 0.0484. The topological polar surface area (TPSA) is 114 Å². The zero-order valence-electron chi connectivity index (χ0n) is 15.9. The molecule has 8 nitrogen and oxygen atoms in total. The highest BCUT2D eigenvalue weighted by Gasteiger charge is 2.23. The van der Waals surface area contributed by atoms with E-state index in [2.05, 4.69) is 10.2 Å². The molecule has 0 radical (unpaired) electrons. The highest BCUT2D eigenvalue weighted by atomic mass is 16.7. The predicted octanol–water partition coefficient (Wildman–Crippen LogP) is 3.03. The highest BCUT2D eigenvalue weighted by Crippen LogP contribution is 2.25. The van der Waals surface area contributed by atoms with Gasteiger partial charge in [-0.3, -0.25) is 9.94 Å². The minimum absolute atomic E-state index is 0.0439. The van der Waals surface area contributed by atoms with Crippen LogP contribution >= 0.6 is 0 Å². The summed E-state index contributed by atoms with van der Waals surface area (Å²) in [4.78, 5) is 18.4. The van der Waals surface area contributed by atoms with Crippen LogP contribution < -0.4 is 10.8 Å². The number of amides is 1. The fourth-order valence-corrected chi connectivity index (χ4v) is 2.74. The standard InChI is InChI=1S/C21H24N4O4/c22-13-20(17-5-2-1-3-6-17)29-21(27)25(28-12-4-11-26)19-9-7-16(8-10-19)18-14-23-24-15-18/h1-3,5-10,14-15,20,26H,4,11-13,22H2,(H,23,24). The average Bonchev–Trinajstić information content (AvgIpc) is 3.31. The van der Waals surface area contributed by atoms with Crippen molar-refractivity contribution >= 4 is 11.8 Å². The van der Waals surface area contributed by atoms with Crippen LogP contribution in [0, 0.1) is 0 Å². The molecule has 0 saturated heterocycles. The molecule has 0 spiro atoms. The maximum atomic E-state index is 12.8. The van der Waals surface area contributed by atoms with Crippen molar-refractivity contribution in [2.45, 2.75) is 12.5 Å². The van der Waals surface area contributed by atoms with Gasteiger partial charge in [-0.15, -0.1) is 0 Å². The SMILES string of the molecule is NCC(OC(=O)N(OCCCO)c1ccc(-c2cn[nH]c2)cc1)c1ccccc1. The number of nitrogens with two attached hydrogens (primary N) is 1.